The van der Waals surface area contributed by atoms with Crippen molar-refractivity contribution < 1.29 is 38.9 Å². The standard InChI is InChI=1S/2C25H21Cl2NO4/c2*26-19-11-9-17(10-12-19)23-24(18-7-4-8-20(27)13-18)32-21(14-22(29)30)25(31)28(23)15-16-5-2-1-3-6-16/h2*1-13,21,23-24H,14-15H2,(H,29,30)/t2*21-,23+,24-/m10/s1. The fourth-order valence-corrected chi connectivity index (χ4v) is 8.66. The largest absolute Gasteiger partial charge is 0.481 e. The van der Waals surface area contributed by atoms with Crippen LogP contribution < -0.4 is 0 Å². The van der Waals surface area contributed by atoms with E-state index in [1.165, 1.54) is 0 Å². The van der Waals surface area contributed by atoms with Crippen LogP contribution in [0.25, 0.3) is 0 Å². The van der Waals surface area contributed by atoms with Gasteiger partial charge in [0, 0.05) is 33.2 Å². The van der Waals surface area contributed by atoms with Gasteiger partial charge in [-0.25, -0.2) is 0 Å². The Morgan fingerprint density at radius 2 is 0.812 bits per heavy atom. The molecule has 2 fully saturated rings. The highest BCUT2D eigenvalue weighted by atomic mass is 35.5. The maximum Gasteiger partial charge on any atom is 0.306 e. The zero-order valence-corrected chi connectivity index (χ0v) is 37.1. The van der Waals surface area contributed by atoms with E-state index in [2.05, 4.69) is 0 Å². The summed E-state index contributed by atoms with van der Waals surface area (Å²) in [5, 5.41) is 21.0. The number of amides is 2. The van der Waals surface area contributed by atoms with Crippen LogP contribution in [-0.4, -0.2) is 56.0 Å². The van der Waals surface area contributed by atoms with Crippen molar-refractivity contribution in [2.45, 2.75) is 62.4 Å². The molecule has 2 heterocycles. The second kappa shape index (κ2) is 21.3. The molecule has 2 N–H and O–H groups in total. The molecular weight excluding hydrogens is 898 g/mol. The van der Waals surface area contributed by atoms with Gasteiger partial charge in [-0.15, -0.1) is 0 Å². The number of rotatable bonds is 12. The molecule has 14 heteroatoms. The molecule has 6 aromatic carbocycles. The third-order valence-electron chi connectivity index (χ3n) is 10.9. The lowest BCUT2D eigenvalue weighted by Gasteiger charge is -2.44. The molecule has 0 aromatic heterocycles. The van der Waals surface area contributed by atoms with E-state index in [1.807, 2.05) is 109 Å². The Hall–Kier alpha value is -5.72. The molecule has 2 saturated heterocycles. The van der Waals surface area contributed by atoms with Crippen LogP contribution in [0.1, 0.15) is 70.5 Å². The number of halogens is 4. The molecule has 0 spiro atoms. The van der Waals surface area contributed by atoms with Gasteiger partial charge in [-0.1, -0.05) is 156 Å². The minimum atomic E-state index is -1.11. The number of nitrogens with zero attached hydrogens (tertiary/aromatic N) is 2. The smallest absolute Gasteiger partial charge is 0.306 e. The molecule has 2 aliphatic rings. The van der Waals surface area contributed by atoms with Crippen LogP contribution in [0.4, 0.5) is 0 Å². The van der Waals surface area contributed by atoms with E-state index in [1.54, 1.807) is 58.3 Å². The summed E-state index contributed by atoms with van der Waals surface area (Å²) in [6, 6.07) is 47.1. The molecule has 6 aromatic rings. The molecular formula is C50H42Cl4N2O8. The zero-order valence-electron chi connectivity index (χ0n) is 34.1. The minimum Gasteiger partial charge on any atom is -0.481 e. The summed E-state index contributed by atoms with van der Waals surface area (Å²) in [6.07, 6.45) is -4.28. The van der Waals surface area contributed by atoms with E-state index in [-0.39, 0.29) is 11.8 Å². The van der Waals surface area contributed by atoms with Gasteiger partial charge in [-0.05, 0) is 81.9 Å². The highest BCUT2D eigenvalue weighted by Gasteiger charge is 2.46. The first kappa shape index (κ1) is 46.3. The third kappa shape index (κ3) is 11.5. The van der Waals surface area contributed by atoms with Crippen LogP contribution in [-0.2, 0) is 41.7 Å². The van der Waals surface area contributed by atoms with Crippen molar-refractivity contribution >= 4 is 70.2 Å². The Morgan fingerprint density at radius 3 is 1.14 bits per heavy atom. The fraction of sp³-hybridized carbons (Fsp3) is 0.200. The average Bonchev–Trinajstić information content (AvgIpc) is 3.28. The Balaban J connectivity index is 0.000000191. The van der Waals surface area contributed by atoms with Gasteiger partial charge in [-0.2, -0.15) is 0 Å². The molecule has 0 aliphatic carbocycles. The van der Waals surface area contributed by atoms with Gasteiger partial charge in [0.25, 0.3) is 11.8 Å². The van der Waals surface area contributed by atoms with Crippen LogP contribution in [0.15, 0.2) is 158 Å². The van der Waals surface area contributed by atoms with Crippen molar-refractivity contribution in [2.75, 3.05) is 0 Å². The first-order valence-corrected chi connectivity index (χ1v) is 21.8. The third-order valence-corrected chi connectivity index (χ3v) is 11.8. The van der Waals surface area contributed by atoms with E-state index in [0.717, 1.165) is 33.4 Å². The summed E-state index contributed by atoms with van der Waals surface area (Å²) < 4.78 is 12.3. The number of carbonyl (C=O) groups excluding carboxylic acids is 2. The predicted molar refractivity (Wildman–Crippen MR) is 245 cm³/mol. The van der Waals surface area contributed by atoms with Crippen molar-refractivity contribution in [3.05, 3.63) is 211 Å². The minimum absolute atomic E-state index is 0.309. The highest BCUT2D eigenvalue weighted by Crippen LogP contribution is 2.45. The van der Waals surface area contributed by atoms with Crippen molar-refractivity contribution in [1.82, 2.24) is 9.80 Å². The second-order valence-electron chi connectivity index (χ2n) is 15.3. The summed E-state index contributed by atoms with van der Waals surface area (Å²) in [7, 11) is 0. The van der Waals surface area contributed by atoms with Gasteiger partial charge < -0.3 is 29.5 Å². The van der Waals surface area contributed by atoms with Crippen LogP contribution in [0, 0.1) is 0 Å². The Morgan fingerprint density at radius 1 is 0.453 bits per heavy atom. The number of aliphatic carboxylic acids is 2. The van der Waals surface area contributed by atoms with Crippen LogP contribution >= 0.6 is 46.4 Å². The van der Waals surface area contributed by atoms with Gasteiger partial charge in [0.1, 0.15) is 24.4 Å². The summed E-state index contributed by atoms with van der Waals surface area (Å²) in [5.41, 5.74) is 5.05. The summed E-state index contributed by atoms with van der Waals surface area (Å²) in [6.45, 7) is 0.618. The maximum absolute atomic E-state index is 13.4. The van der Waals surface area contributed by atoms with Gasteiger partial charge >= 0.3 is 11.9 Å². The molecule has 10 nitrogen and oxygen atoms in total. The van der Waals surface area contributed by atoms with Crippen molar-refractivity contribution in [3.8, 4) is 0 Å². The van der Waals surface area contributed by atoms with E-state index in [0.29, 0.717) is 33.2 Å². The predicted octanol–water partition coefficient (Wildman–Crippen LogP) is 11.4. The average molecular weight is 941 g/mol. The summed E-state index contributed by atoms with van der Waals surface area (Å²) in [4.78, 5) is 53.2. The van der Waals surface area contributed by atoms with Gasteiger partial charge in [-0.3, -0.25) is 19.2 Å². The molecule has 64 heavy (non-hydrogen) atoms. The zero-order chi connectivity index (χ0) is 45.3. The van der Waals surface area contributed by atoms with E-state index < -0.39 is 61.3 Å². The molecule has 328 valence electrons. The van der Waals surface area contributed by atoms with Crippen LogP contribution in [0.5, 0.6) is 0 Å². The lowest BCUT2D eigenvalue weighted by Crippen LogP contribution is -2.51. The molecule has 6 atom stereocenters. The van der Waals surface area contributed by atoms with Crippen LogP contribution in [0.2, 0.25) is 20.1 Å². The number of carboxylic acid groups (broad SMARTS) is 2. The monoisotopic (exact) mass is 938 g/mol. The molecule has 2 amide bonds. The molecule has 0 bridgehead atoms. The molecule has 0 radical (unpaired) electrons. The maximum atomic E-state index is 13.4. The molecule has 2 aliphatic heterocycles. The fourth-order valence-electron chi connectivity index (χ4n) is 8.01. The number of carbonyl (C=O) groups is 4. The number of hydrogen-bond donors (Lipinski definition) is 2. The Bertz CT molecular complexity index is 2390. The van der Waals surface area contributed by atoms with Crippen molar-refractivity contribution in [1.29, 1.82) is 0 Å². The first-order chi connectivity index (χ1) is 30.8. The van der Waals surface area contributed by atoms with E-state index in [4.69, 9.17) is 55.9 Å². The molecule has 8 rings (SSSR count). The molecule has 0 saturated carbocycles. The normalized spacial score (nSPS) is 20.9. The Kier molecular flexibility index (Phi) is 15.4. The Labute approximate surface area is 390 Å². The van der Waals surface area contributed by atoms with Gasteiger partial charge in [0.05, 0.1) is 24.9 Å². The second-order valence-corrected chi connectivity index (χ2v) is 17.0. The van der Waals surface area contributed by atoms with Crippen LogP contribution in [0.3, 0.4) is 0 Å². The van der Waals surface area contributed by atoms with E-state index >= 15 is 0 Å². The summed E-state index contributed by atoms with van der Waals surface area (Å²) >= 11 is 24.7. The quantitative estimate of drug-likeness (QED) is 0.124. The van der Waals surface area contributed by atoms with E-state index in [9.17, 15) is 29.4 Å². The summed E-state index contributed by atoms with van der Waals surface area (Å²) in [5.74, 6) is -2.93. The highest BCUT2D eigenvalue weighted by molar-refractivity contribution is 6.31. The lowest BCUT2D eigenvalue weighted by molar-refractivity contribution is -0.180. The number of morpholine rings is 2. The van der Waals surface area contributed by atoms with Gasteiger partial charge in [0.2, 0.25) is 0 Å². The topological polar surface area (TPSA) is 134 Å². The van der Waals surface area contributed by atoms with Crippen molar-refractivity contribution in [3.63, 3.8) is 0 Å². The number of carboxylic acids is 2. The number of ether oxygens (including phenoxy) is 2. The number of benzene rings is 6. The van der Waals surface area contributed by atoms with Crippen molar-refractivity contribution in [2.24, 2.45) is 0 Å². The molecule has 0 unspecified atom stereocenters. The number of hydrogen-bond acceptors (Lipinski definition) is 6. The lowest BCUT2D eigenvalue weighted by atomic mass is 9.90. The first-order valence-electron chi connectivity index (χ1n) is 20.3. The van der Waals surface area contributed by atoms with Gasteiger partial charge in [0.15, 0.2) is 0 Å². The SMILES string of the molecule is O=C(O)C[C@@H]1O[C@@H](c2cccc(Cl)c2)[C@@H](c2ccc(Cl)cc2)N(Cc2ccccc2)C1=O.O=C(O)C[C@H]1O[C@H](c2cccc(Cl)c2)[C@H](c2ccc(Cl)cc2)N(Cc2ccccc2)C1=O.